The van der Waals surface area contributed by atoms with Gasteiger partial charge in [0.25, 0.3) is 0 Å². The average molecular weight is 211 g/mol. The highest BCUT2D eigenvalue weighted by Crippen LogP contribution is 2.06. The third-order valence-electron chi connectivity index (χ3n) is 1.56. The normalized spacial score (nSPS) is 11.4. The zero-order valence-electron chi connectivity index (χ0n) is 9.33. The third-order valence-corrected chi connectivity index (χ3v) is 1.56. The lowest BCUT2D eigenvalue weighted by Gasteiger charge is -2.19. The number of carbonyl (C=O) groups excluding carboxylic acids is 1. The van der Waals surface area contributed by atoms with Gasteiger partial charge in [0.1, 0.15) is 5.60 Å². The summed E-state index contributed by atoms with van der Waals surface area (Å²) in [6.45, 7) is 6.33. The molecule has 2 N–H and O–H groups in total. The van der Waals surface area contributed by atoms with Crippen molar-refractivity contribution in [2.24, 2.45) is 0 Å². The van der Waals surface area contributed by atoms with Crippen molar-refractivity contribution in [2.45, 2.75) is 32.9 Å². The van der Waals surface area contributed by atoms with Crippen LogP contribution in [0.2, 0.25) is 0 Å². The highest BCUT2D eigenvalue weighted by atomic mass is 16.6. The van der Waals surface area contributed by atoms with Gasteiger partial charge in [-0.25, -0.2) is 4.98 Å². The molecule has 0 radical (unpaired) electrons. The van der Waals surface area contributed by atoms with E-state index in [0.29, 0.717) is 6.54 Å². The number of imidazole rings is 1. The fourth-order valence-corrected chi connectivity index (χ4v) is 1.06. The van der Waals surface area contributed by atoms with Crippen LogP contribution in [0.1, 0.15) is 26.5 Å². The molecule has 0 amide bonds. The minimum atomic E-state index is -0.424. The van der Waals surface area contributed by atoms with Crippen LogP contribution in [0, 0.1) is 0 Å². The molecule has 1 aromatic heterocycles. The molecule has 0 spiro atoms. The van der Waals surface area contributed by atoms with E-state index < -0.39 is 5.60 Å². The molecule has 0 aliphatic rings. The highest BCUT2D eigenvalue weighted by molar-refractivity contribution is 5.72. The van der Waals surface area contributed by atoms with Crippen LogP contribution in [-0.2, 0) is 16.1 Å². The van der Waals surface area contributed by atoms with E-state index in [1.807, 2.05) is 20.8 Å². The number of carbonyl (C=O) groups is 1. The number of aromatic nitrogens is 2. The van der Waals surface area contributed by atoms with E-state index in [4.69, 9.17) is 4.74 Å². The van der Waals surface area contributed by atoms with Crippen LogP contribution in [0.4, 0.5) is 0 Å². The molecule has 1 aromatic rings. The summed E-state index contributed by atoms with van der Waals surface area (Å²) in [6.07, 6.45) is 3.31. The van der Waals surface area contributed by atoms with Crippen molar-refractivity contribution >= 4 is 5.97 Å². The van der Waals surface area contributed by atoms with Crippen LogP contribution < -0.4 is 5.32 Å². The zero-order valence-corrected chi connectivity index (χ0v) is 9.33. The molecule has 1 rings (SSSR count). The average Bonchev–Trinajstić information content (AvgIpc) is 2.53. The van der Waals surface area contributed by atoms with E-state index in [1.54, 1.807) is 12.5 Å². The lowest BCUT2D eigenvalue weighted by atomic mass is 10.2. The Kier molecular flexibility index (Phi) is 3.85. The van der Waals surface area contributed by atoms with Gasteiger partial charge in [-0.1, -0.05) is 0 Å². The summed E-state index contributed by atoms with van der Waals surface area (Å²) in [5, 5.41) is 2.96. The van der Waals surface area contributed by atoms with Gasteiger partial charge in [-0.05, 0) is 20.8 Å². The number of esters is 1. The van der Waals surface area contributed by atoms with Crippen LogP contribution in [0.25, 0.3) is 0 Å². The third kappa shape index (κ3) is 5.17. The lowest BCUT2D eigenvalue weighted by molar-refractivity contribution is -0.153. The minimum Gasteiger partial charge on any atom is -0.459 e. The summed E-state index contributed by atoms with van der Waals surface area (Å²) >= 11 is 0. The molecule has 0 aliphatic carbocycles. The Morgan fingerprint density at radius 1 is 1.60 bits per heavy atom. The monoisotopic (exact) mass is 211 g/mol. The molecule has 0 atom stereocenters. The Morgan fingerprint density at radius 2 is 2.33 bits per heavy atom. The summed E-state index contributed by atoms with van der Waals surface area (Å²) in [7, 11) is 0. The molecule has 0 saturated heterocycles. The Labute approximate surface area is 89.2 Å². The first-order chi connectivity index (χ1) is 6.97. The van der Waals surface area contributed by atoms with Crippen molar-refractivity contribution in [2.75, 3.05) is 6.54 Å². The van der Waals surface area contributed by atoms with Gasteiger partial charge in [-0.2, -0.15) is 0 Å². The van der Waals surface area contributed by atoms with Crippen LogP contribution in [0.5, 0.6) is 0 Å². The Morgan fingerprint density at radius 3 is 2.87 bits per heavy atom. The van der Waals surface area contributed by atoms with Crippen LogP contribution in [0.15, 0.2) is 12.5 Å². The minimum absolute atomic E-state index is 0.205. The number of nitrogens with one attached hydrogen (secondary N) is 2. The van der Waals surface area contributed by atoms with Crippen molar-refractivity contribution < 1.29 is 9.53 Å². The molecule has 15 heavy (non-hydrogen) atoms. The fraction of sp³-hybridized carbons (Fsp3) is 0.600. The van der Waals surface area contributed by atoms with Gasteiger partial charge in [-0.3, -0.25) is 4.79 Å². The smallest absolute Gasteiger partial charge is 0.320 e. The highest BCUT2D eigenvalue weighted by Gasteiger charge is 2.15. The molecular formula is C10H17N3O2. The first-order valence-electron chi connectivity index (χ1n) is 4.87. The van der Waals surface area contributed by atoms with E-state index in [9.17, 15) is 4.79 Å². The topological polar surface area (TPSA) is 67.0 Å². The van der Waals surface area contributed by atoms with Gasteiger partial charge in [0.05, 0.1) is 12.9 Å². The van der Waals surface area contributed by atoms with Gasteiger partial charge < -0.3 is 15.0 Å². The molecule has 0 saturated carbocycles. The summed E-state index contributed by atoms with van der Waals surface area (Å²) in [6, 6.07) is 0. The fourth-order valence-electron chi connectivity index (χ4n) is 1.06. The molecule has 84 valence electrons. The summed E-state index contributed by atoms with van der Waals surface area (Å²) in [5.41, 5.74) is 0.519. The maximum Gasteiger partial charge on any atom is 0.320 e. The van der Waals surface area contributed by atoms with Crippen molar-refractivity contribution in [1.82, 2.24) is 15.3 Å². The lowest BCUT2D eigenvalue weighted by Crippen LogP contribution is -2.31. The maximum atomic E-state index is 11.3. The Balaban J connectivity index is 2.18. The van der Waals surface area contributed by atoms with E-state index in [2.05, 4.69) is 15.3 Å². The molecule has 0 unspecified atom stereocenters. The molecule has 5 heteroatoms. The van der Waals surface area contributed by atoms with Gasteiger partial charge in [0.2, 0.25) is 0 Å². The van der Waals surface area contributed by atoms with E-state index >= 15 is 0 Å². The summed E-state index contributed by atoms with van der Waals surface area (Å²) in [5.74, 6) is -0.248. The predicted octanol–water partition coefficient (Wildman–Crippen LogP) is 0.841. The van der Waals surface area contributed by atoms with Crippen LogP contribution >= 0.6 is 0 Å². The summed E-state index contributed by atoms with van der Waals surface area (Å²) in [4.78, 5) is 18.1. The van der Waals surface area contributed by atoms with Crippen LogP contribution in [-0.4, -0.2) is 28.1 Å². The first kappa shape index (κ1) is 11.7. The number of ether oxygens (including phenoxy) is 1. The van der Waals surface area contributed by atoms with Crippen molar-refractivity contribution in [3.63, 3.8) is 0 Å². The molecule has 0 bridgehead atoms. The largest absolute Gasteiger partial charge is 0.459 e. The molecular weight excluding hydrogens is 194 g/mol. The number of nitrogens with zero attached hydrogens (tertiary/aromatic N) is 1. The number of H-pyrrole nitrogens is 1. The van der Waals surface area contributed by atoms with E-state index in [1.165, 1.54) is 0 Å². The number of hydrogen-bond donors (Lipinski definition) is 2. The number of hydrogen-bond acceptors (Lipinski definition) is 4. The zero-order chi connectivity index (χ0) is 11.3. The van der Waals surface area contributed by atoms with Gasteiger partial charge >= 0.3 is 5.97 Å². The van der Waals surface area contributed by atoms with E-state index in [-0.39, 0.29) is 12.5 Å². The Bertz CT molecular complexity index is 301. The van der Waals surface area contributed by atoms with Crippen molar-refractivity contribution in [3.05, 3.63) is 18.2 Å². The maximum absolute atomic E-state index is 11.3. The standard InChI is InChI=1S/C10H17N3O2/c1-10(2,3)15-9(14)6-11-4-8-5-12-7-13-8/h5,7,11H,4,6H2,1-3H3,(H,12,13). The summed E-state index contributed by atoms with van der Waals surface area (Å²) < 4.78 is 5.13. The molecule has 1 heterocycles. The predicted molar refractivity (Wildman–Crippen MR) is 56.1 cm³/mol. The molecule has 5 nitrogen and oxygen atoms in total. The SMILES string of the molecule is CC(C)(C)OC(=O)CNCc1cnc[nH]1. The molecule has 0 fully saturated rings. The number of aromatic amines is 1. The van der Waals surface area contributed by atoms with E-state index in [0.717, 1.165) is 5.69 Å². The second kappa shape index (κ2) is 4.93. The second-order valence-electron chi connectivity index (χ2n) is 4.27. The van der Waals surface area contributed by atoms with Crippen molar-refractivity contribution in [3.8, 4) is 0 Å². The molecule has 0 aromatic carbocycles. The molecule has 0 aliphatic heterocycles. The van der Waals surface area contributed by atoms with Crippen molar-refractivity contribution in [1.29, 1.82) is 0 Å². The number of rotatable bonds is 4. The quantitative estimate of drug-likeness (QED) is 0.724. The van der Waals surface area contributed by atoms with Crippen LogP contribution in [0.3, 0.4) is 0 Å². The Hall–Kier alpha value is -1.36. The van der Waals surface area contributed by atoms with Gasteiger partial charge in [-0.15, -0.1) is 0 Å². The van der Waals surface area contributed by atoms with Gasteiger partial charge in [0, 0.05) is 18.4 Å². The second-order valence-corrected chi connectivity index (χ2v) is 4.27. The first-order valence-corrected chi connectivity index (χ1v) is 4.87. The van der Waals surface area contributed by atoms with Gasteiger partial charge in [0.15, 0.2) is 0 Å².